The second-order valence-corrected chi connectivity index (χ2v) is 7.09. The highest BCUT2D eigenvalue weighted by atomic mass is 32.2. The maximum Gasteiger partial charge on any atom is 0.240 e. The van der Waals surface area contributed by atoms with Gasteiger partial charge in [0.15, 0.2) is 0 Å². The number of sulfonamides is 1. The lowest BCUT2D eigenvalue weighted by Gasteiger charge is -2.11. The Hall–Kier alpha value is -2.05. The van der Waals surface area contributed by atoms with Crippen molar-refractivity contribution >= 4 is 10.0 Å². The normalized spacial score (nSPS) is 11.3. The third kappa shape index (κ3) is 4.49. The molecule has 0 bridgehead atoms. The number of ether oxygens (including phenoxy) is 2. The summed E-state index contributed by atoms with van der Waals surface area (Å²) < 4.78 is 37.7. The van der Waals surface area contributed by atoms with E-state index in [1.165, 1.54) is 0 Å². The number of benzene rings is 2. The summed E-state index contributed by atoms with van der Waals surface area (Å²) >= 11 is 0. The summed E-state index contributed by atoms with van der Waals surface area (Å²) in [5.41, 5.74) is 2.03. The molecule has 130 valence electrons. The second-order valence-electron chi connectivity index (χ2n) is 5.32. The first-order valence-corrected chi connectivity index (χ1v) is 9.28. The van der Waals surface area contributed by atoms with Gasteiger partial charge in [-0.3, -0.25) is 0 Å². The molecule has 0 aromatic heterocycles. The van der Waals surface area contributed by atoms with E-state index in [4.69, 9.17) is 9.47 Å². The minimum Gasteiger partial charge on any atom is -0.497 e. The van der Waals surface area contributed by atoms with Crippen LogP contribution >= 0.6 is 0 Å². The van der Waals surface area contributed by atoms with Crippen molar-refractivity contribution < 1.29 is 17.9 Å². The molecule has 0 aliphatic carbocycles. The third-order valence-corrected chi connectivity index (χ3v) is 5.30. The van der Waals surface area contributed by atoms with E-state index in [2.05, 4.69) is 4.72 Å². The Morgan fingerprint density at radius 1 is 1.00 bits per heavy atom. The van der Waals surface area contributed by atoms with Crippen LogP contribution in [0.3, 0.4) is 0 Å². The van der Waals surface area contributed by atoms with E-state index in [0.29, 0.717) is 24.5 Å². The Kier molecular flexibility index (Phi) is 6.23. The second kappa shape index (κ2) is 8.17. The molecule has 2 rings (SSSR count). The molecule has 24 heavy (non-hydrogen) atoms. The van der Waals surface area contributed by atoms with Crippen molar-refractivity contribution in [3.63, 3.8) is 0 Å². The molecule has 2 aromatic rings. The molecule has 0 unspecified atom stereocenters. The van der Waals surface area contributed by atoms with Crippen molar-refractivity contribution in [2.24, 2.45) is 0 Å². The summed E-state index contributed by atoms with van der Waals surface area (Å²) in [7, 11) is -0.333. The molecule has 0 aliphatic rings. The van der Waals surface area contributed by atoms with Gasteiger partial charge in [-0.1, -0.05) is 25.1 Å². The van der Waals surface area contributed by atoms with E-state index < -0.39 is 10.0 Å². The SMILES string of the molecule is CCc1ccc(S(=O)(=O)NCCc2ccc(OC)cc2OC)cc1. The minimum atomic E-state index is -3.50. The van der Waals surface area contributed by atoms with E-state index in [0.717, 1.165) is 17.5 Å². The molecule has 5 nitrogen and oxygen atoms in total. The Bertz CT molecular complexity index is 770. The third-order valence-electron chi connectivity index (χ3n) is 3.82. The maximum atomic E-state index is 12.3. The molecule has 1 N–H and O–H groups in total. The molecule has 0 aliphatic heterocycles. The topological polar surface area (TPSA) is 64.6 Å². The van der Waals surface area contributed by atoms with Gasteiger partial charge in [0, 0.05) is 12.6 Å². The molecule has 0 heterocycles. The van der Waals surface area contributed by atoms with Crippen LogP contribution in [0.15, 0.2) is 47.4 Å². The standard InChI is InChI=1S/C18H23NO4S/c1-4-14-5-9-17(10-6-14)24(20,21)19-12-11-15-7-8-16(22-2)13-18(15)23-3/h5-10,13,19H,4,11-12H2,1-3H3. The van der Waals surface area contributed by atoms with Crippen LogP contribution in [-0.2, 0) is 22.9 Å². The van der Waals surface area contributed by atoms with E-state index in [-0.39, 0.29) is 4.90 Å². The van der Waals surface area contributed by atoms with E-state index in [1.807, 2.05) is 31.2 Å². The van der Waals surface area contributed by atoms with E-state index in [1.54, 1.807) is 32.4 Å². The lowest BCUT2D eigenvalue weighted by molar-refractivity contribution is 0.391. The van der Waals surface area contributed by atoms with Gasteiger partial charge in [0.1, 0.15) is 11.5 Å². The van der Waals surface area contributed by atoms with Gasteiger partial charge in [0.05, 0.1) is 19.1 Å². The molecular weight excluding hydrogens is 326 g/mol. The molecule has 0 saturated heterocycles. The fraction of sp³-hybridized carbons (Fsp3) is 0.333. The predicted molar refractivity (Wildman–Crippen MR) is 94.3 cm³/mol. The van der Waals surface area contributed by atoms with Crippen molar-refractivity contribution in [2.75, 3.05) is 20.8 Å². The van der Waals surface area contributed by atoms with Crippen molar-refractivity contribution in [2.45, 2.75) is 24.7 Å². The van der Waals surface area contributed by atoms with Crippen molar-refractivity contribution in [1.29, 1.82) is 0 Å². The van der Waals surface area contributed by atoms with Crippen LogP contribution in [0, 0.1) is 0 Å². The zero-order valence-corrected chi connectivity index (χ0v) is 15.0. The van der Waals surface area contributed by atoms with Crippen molar-refractivity contribution in [1.82, 2.24) is 4.72 Å². The average molecular weight is 349 g/mol. The summed E-state index contributed by atoms with van der Waals surface area (Å²) in [6.45, 7) is 2.32. The number of hydrogen-bond acceptors (Lipinski definition) is 4. The van der Waals surface area contributed by atoms with Gasteiger partial charge in [-0.25, -0.2) is 13.1 Å². The summed E-state index contributed by atoms with van der Waals surface area (Å²) in [5.74, 6) is 1.38. The summed E-state index contributed by atoms with van der Waals surface area (Å²) in [6.07, 6.45) is 1.41. The van der Waals surface area contributed by atoms with Gasteiger partial charge in [0.2, 0.25) is 10.0 Å². The fourth-order valence-electron chi connectivity index (χ4n) is 2.37. The Morgan fingerprint density at radius 2 is 1.71 bits per heavy atom. The molecule has 0 fully saturated rings. The van der Waals surface area contributed by atoms with Crippen LogP contribution in [0.1, 0.15) is 18.1 Å². The minimum absolute atomic E-state index is 0.279. The molecule has 6 heteroatoms. The lowest BCUT2D eigenvalue weighted by Crippen LogP contribution is -2.26. The number of hydrogen-bond donors (Lipinski definition) is 1. The first kappa shape index (κ1) is 18.3. The summed E-state index contributed by atoms with van der Waals surface area (Å²) in [6, 6.07) is 12.4. The van der Waals surface area contributed by atoms with Crippen LogP contribution in [0.4, 0.5) is 0 Å². The lowest BCUT2D eigenvalue weighted by atomic mass is 10.1. The highest BCUT2D eigenvalue weighted by molar-refractivity contribution is 7.89. The zero-order valence-electron chi connectivity index (χ0n) is 14.2. The van der Waals surface area contributed by atoms with Crippen LogP contribution in [0.25, 0.3) is 0 Å². The molecule has 0 atom stereocenters. The number of nitrogens with one attached hydrogen (secondary N) is 1. The molecule has 0 saturated carbocycles. The average Bonchev–Trinajstić information content (AvgIpc) is 2.61. The first-order chi connectivity index (χ1) is 11.5. The first-order valence-electron chi connectivity index (χ1n) is 7.79. The van der Waals surface area contributed by atoms with Crippen LogP contribution < -0.4 is 14.2 Å². The van der Waals surface area contributed by atoms with Gasteiger partial charge >= 0.3 is 0 Å². The molecule has 0 radical (unpaired) electrons. The number of rotatable bonds is 8. The van der Waals surface area contributed by atoms with Gasteiger partial charge in [-0.15, -0.1) is 0 Å². The van der Waals surface area contributed by atoms with Gasteiger partial charge in [-0.2, -0.15) is 0 Å². The highest BCUT2D eigenvalue weighted by Crippen LogP contribution is 2.24. The fourth-order valence-corrected chi connectivity index (χ4v) is 3.40. The van der Waals surface area contributed by atoms with Gasteiger partial charge < -0.3 is 9.47 Å². The number of aryl methyl sites for hydroxylation is 1. The number of methoxy groups -OCH3 is 2. The van der Waals surface area contributed by atoms with Crippen LogP contribution in [0.5, 0.6) is 11.5 Å². The molecule has 2 aromatic carbocycles. The molecule has 0 spiro atoms. The predicted octanol–water partition coefficient (Wildman–Crippen LogP) is 2.79. The van der Waals surface area contributed by atoms with Crippen molar-refractivity contribution in [3.8, 4) is 11.5 Å². The van der Waals surface area contributed by atoms with Gasteiger partial charge in [0.25, 0.3) is 0 Å². The van der Waals surface area contributed by atoms with Crippen LogP contribution in [0.2, 0.25) is 0 Å². The Balaban J connectivity index is 2.02. The van der Waals surface area contributed by atoms with Gasteiger partial charge in [-0.05, 0) is 42.2 Å². The maximum absolute atomic E-state index is 12.3. The molecule has 0 amide bonds. The van der Waals surface area contributed by atoms with Crippen molar-refractivity contribution in [3.05, 3.63) is 53.6 Å². The van der Waals surface area contributed by atoms with Crippen LogP contribution in [-0.4, -0.2) is 29.2 Å². The van der Waals surface area contributed by atoms with E-state index in [9.17, 15) is 8.42 Å². The zero-order chi connectivity index (χ0) is 17.6. The monoisotopic (exact) mass is 349 g/mol. The summed E-state index contributed by atoms with van der Waals surface area (Å²) in [5, 5.41) is 0. The highest BCUT2D eigenvalue weighted by Gasteiger charge is 2.14. The quantitative estimate of drug-likeness (QED) is 0.796. The Morgan fingerprint density at radius 3 is 2.29 bits per heavy atom. The smallest absolute Gasteiger partial charge is 0.240 e. The van der Waals surface area contributed by atoms with E-state index >= 15 is 0 Å². The largest absolute Gasteiger partial charge is 0.497 e. The molecular formula is C18H23NO4S. The Labute approximate surface area is 143 Å². The summed E-state index contributed by atoms with van der Waals surface area (Å²) in [4.78, 5) is 0.279.